The standard InChI is InChI=1S/C27H35ClN4O2/c1-34-23-9-6-21-16-24(27(33)29-10-13-30-11-2-3-12-30)26-19-31(14-15-32(26)25(21)17-23)18-20-4-7-22(28)8-5-20/h4-9,17,24,26H,2-3,10-16,18-19H2,1H3,(H,29,33). The highest BCUT2D eigenvalue weighted by atomic mass is 35.5. The van der Waals surface area contributed by atoms with Gasteiger partial charge >= 0.3 is 0 Å². The lowest BCUT2D eigenvalue weighted by molar-refractivity contribution is -0.126. The first-order valence-electron chi connectivity index (χ1n) is 12.5. The predicted octanol–water partition coefficient (Wildman–Crippen LogP) is 3.42. The second kappa shape index (κ2) is 10.5. The topological polar surface area (TPSA) is 48.1 Å². The third kappa shape index (κ3) is 5.19. The van der Waals surface area contributed by atoms with Gasteiger partial charge in [-0.1, -0.05) is 29.8 Å². The molecular weight excluding hydrogens is 448 g/mol. The number of carbonyl (C=O) groups excluding carboxylic acids is 1. The summed E-state index contributed by atoms with van der Waals surface area (Å²) in [4.78, 5) is 20.8. The first-order chi connectivity index (χ1) is 16.6. The van der Waals surface area contributed by atoms with Gasteiger partial charge in [0.05, 0.1) is 19.1 Å². The number of nitrogens with zero attached hydrogens (tertiary/aromatic N) is 3. The zero-order valence-electron chi connectivity index (χ0n) is 20.0. The summed E-state index contributed by atoms with van der Waals surface area (Å²) in [5, 5.41) is 4.03. The van der Waals surface area contributed by atoms with Crippen molar-refractivity contribution in [3.63, 3.8) is 0 Å². The van der Waals surface area contributed by atoms with E-state index in [1.165, 1.54) is 29.7 Å². The van der Waals surface area contributed by atoms with Crippen molar-refractivity contribution < 1.29 is 9.53 Å². The number of likely N-dealkylation sites (tertiary alicyclic amines) is 1. The van der Waals surface area contributed by atoms with Gasteiger partial charge in [-0.3, -0.25) is 9.69 Å². The van der Waals surface area contributed by atoms with Crippen LogP contribution in [0.15, 0.2) is 42.5 Å². The summed E-state index contributed by atoms with van der Waals surface area (Å²) in [5.41, 5.74) is 3.71. The Labute approximate surface area is 207 Å². The molecule has 6 nitrogen and oxygen atoms in total. The molecule has 2 saturated heterocycles. The average Bonchev–Trinajstić information content (AvgIpc) is 3.38. The Kier molecular flexibility index (Phi) is 7.28. The summed E-state index contributed by atoms with van der Waals surface area (Å²) in [6.07, 6.45) is 3.32. The molecule has 7 heteroatoms. The molecule has 1 N–H and O–H groups in total. The maximum atomic E-state index is 13.4. The van der Waals surface area contributed by atoms with Gasteiger partial charge in [-0.25, -0.2) is 0 Å². The normalized spacial score (nSPS) is 22.8. The number of halogens is 1. The number of piperazine rings is 1. The predicted molar refractivity (Wildman–Crippen MR) is 137 cm³/mol. The van der Waals surface area contributed by atoms with Gasteiger partial charge in [-0.15, -0.1) is 0 Å². The van der Waals surface area contributed by atoms with Crippen LogP contribution in [-0.4, -0.2) is 74.7 Å². The van der Waals surface area contributed by atoms with Gasteiger partial charge in [0, 0.05) is 56.0 Å². The third-order valence-electron chi connectivity index (χ3n) is 7.59. The number of nitrogens with one attached hydrogen (secondary N) is 1. The zero-order valence-corrected chi connectivity index (χ0v) is 20.8. The lowest BCUT2D eigenvalue weighted by atomic mass is 9.83. The lowest BCUT2D eigenvalue weighted by Crippen LogP contribution is -2.61. The van der Waals surface area contributed by atoms with Crippen molar-refractivity contribution in [3.05, 3.63) is 58.6 Å². The first-order valence-corrected chi connectivity index (χ1v) is 12.9. The Morgan fingerprint density at radius 3 is 2.62 bits per heavy atom. The minimum atomic E-state index is -0.0625. The van der Waals surface area contributed by atoms with Crippen molar-refractivity contribution in [2.45, 2.75) is 31.8 Å². The molecule has 0 radical (unpaired) electrons. The highest BCUT2D eigenvalue weighted by Crippen LogP contribution is 2.38. The van der Waals surface area contributed by atoms with Gasteiger partial charge in [-0.05, 0) is 61.7 Å². The van der Waals surface area contributed by atoms with E-state index in [4.69, 9.17) is 16.3 Å². The minimum Gasteiger partial charge on any atom is -0.497 e. The van der Waals surface area contributed by atoms with Crippen molar-refractivity contribution in [2.75, 3.05) is 57.8 Å². The van der Waals surface area contributed by atoms with E-state index in [0.29, 0.717) is 0 Å². The van der Waals surface area contributed by atoms with Gasteiger partial charge in [0.25, 0.3) is 0 Å². The molecule has 34 heavy (non-hydrogen) atoms. The summed E-state index contributed by atoms with van der Waals surface area (Å²) >= 11 is 6.08. The smallest absolute Gasteiger partial charge is 0.225 e. The van der Waals surface area contributed by atoms with Crippen LogP contribution in [0.3, 0.4) is 0 Å². The Morgan fingerprint density at radius 1 is 1.06 bits per heavy atom. The highest BCUT2D eigenvalue weighted by Gasteiger charge is 2.41. The van der Waals surface area contributed by atoms with Crippen LogP contribution in [0.1, 0.15) is 24.0 Å². The van der Waals surface area contributed by atoms with Crippen molar-refractivity contribution in [1.82, 2.24) is 15.1 Å². The number of methoxy groups -OCH3 is 1. The van der Waals surface area contributed by atoms with Gasteiger partial charge in [-0.2, -0.15) is 0 Å². The van der Waals surface area contributed by atoms with E-state index < -0.39 is 0 Å². The number of hydrogen-bond acceptors (Lipinski definition) is 5. The number of carbonyl (C=O) groups is 1. The molecular formula is C27H35ClN4O2. The molecule has 3 aliphatic heterocycles. The number of fused-ring (bicyclic) bond motifs is 3. The molecule has 0 aliphatic carbocycles. The molecule has 0 aromatic heterocycles. The largest absolute Gasteiger partial charge is 0.497 e. The van der Waals surface area contributed by atoms with Gasteiger partial charge in [0.1, 0.15) is 5.75 Å². The van der Waals surface area contributed by atoms with E-state index >= 15 is 0 Å². The summed E-state index contributed by atoms with van der Waals surface area (Å²) in [5.74, 6) is 0.992. The monoisotopic (exact) mass is 482 g/mol. The van der Waals surface area contributed by atoms with E-state index in [2.05, 4.69) is 44.3 Å². The summed E-state index contributed by atoms with van der Waals surface area (Å²) in [6, 6.07) is 14.5. The van der Waals surface area contributed by atoms with Crippen LogP contribution < -0.4 is 15.0 Å². The Balaban J connectivity index is 1.32. The molecule has 3 aliphatic rings. The number of rotatable bonds is 7. The fraction of sp³-hybridized carbons (Fsp3) is 0.519. The Hall–Kier alpha value is -2.28. The Morgan fingerprint density at radius 2 is 1.85 bits per heavy atom. The van der Waals surface area contributed by atoms with Crippen molar-refractivity contribution >= 4 is 23.2 Å². The van der Waals surface area contributed by atoms with Gasteiger partial charge < -0.3 is 19.9 Å². The molecule has 1 amide bonds. The minimum absolute atomic E-state index is 0.0625. The molecule has 2 aromatic carbocycles. The molecule has 2 aromatic rings. The quantitative estimate of drug-likeness (QED) is 0.655. The fourth-order valence-corrected chi connectivity index (χ4v) is 5.86. The molecule has 0 bridgehead atoms. The Bertz CT molecular complexity index is 993. The summed E-state index contributed by atoms with van der Waals surface area (Å²) in [6.45, 7) is 7.58. The van der Waals surface area contributed by atoms with Crippen LogP contribution in [0, 0.1) is 5.92 Å². The molecule has 3 heterocycles. The van der Waals surface area contributed by atoms with E-state index in [1.807, 2.05) is 18.2 Å². The van der Waals surface area contributed by atoms with Crippen molar-refractivity contribution in [2.24, 2.45) is 5.92 Å². The average molecular weight is 483 g/mol. The highest BCUT2D eigenvalue weighted by molar-refractivity contribution is 6.30. The number of ether oxygens (including phenoxy) is 1. The molecule has 2 fully saturated rings. The summed E-state index contributed by atoms with van der Waals surface area (Å²) in [7, 11) is 1.71. The van der Waals surface area contributed by atoms with E-state index in [-0.39, 0.29) is 17.9 Å². The molecule has 5 rings (SSSR count). The molecule has 0 spiro atoms. The maximum Gasteiger partial charge on any atom is 0.225 e. The van der Waals surface area contributed by atoms with Gasteiger partial charge in [0.15, 0.2) is 0 Å². The van der Waals surface area contributed by atoms with Gasteiger partial charge in [0.2, 0.25) is 5.91 Å². The van der Waals surface area contributed by atoms with E-state index in [1.54, 1.807) is 7.11 Å². The number of anilines is 1. The third-order valence-corrected chi connectivity index (χ3v) is 7.84. The SMILES string of the molecule is COc1ccc2c(c1)N1CCN(Cc3ccc(Cl)cc3)CC1C(C(=O)NCCN1CCCC1)C2. The van der Waals surface area contributed by atoms with Crippen LogP contribution in [0.25, 0.3) is 0 Å². The number of hydrogen-bond donors (Lipinski definition) is 1. The fourth-order valence-electron chi connectivity index (χ4n) is 5.73. The van der Waals surface area contributed by atoms with Crippen LogP contribution >= 0.6 is 11.6 Å². The zero-order chi connectivity index (χ0) is 23.5. The first kappa shape index (κ1) is 23.5. The molecule has 2 unspecified atom stereocenters. The maximum absolute atomic E-state index is 13.4. The van der Waals surface area contributed by atoms with Crippen LogP contribution in [0.5, 0.6) is 5.75 Å². The molecule has 0 saturated carbocycles. The van der Waals surface area contributed by atoms with Crippen LogP contribution in [0.4, 0.5) is 5.69 Å². The second-order valence-corrected chi connectivity index (χ2v) is 10.2. The lowest BCUT2D eigenvalue weighted by Gasteiger charge is -2.49. The van der Waals surface area contributed by atoms with Crippen molar-refractivity contribution in [3.8, 4) is 5.75 Å². The van der Waals surface area contributed by atoms with Crippen LogP contribution in [0.2, 0.25) is 5.02 Å². The molecule has 182 valence electrons. The number of amides is 1. The van der Waals surface area contributed by atoms with Crippen LogP contribution in [-0.2, 0) is 17.8 Å². The number of benzene rings is 2. The second-order valence-electron chi connectivity index (χ2n) is 9.77. The van der Waals surface area contributed by atoms with Crippen molar-refractivity contribution in [1.29, 1.82) is 0 Å². The molecule has 2 atom stereocenters. The summed E-state index contributed by atoms with van der Waals surface area (Å²) < 4.78 is 5.51. The van der Waals surface area contributed by atoms with E-state index in [9.17, 15) is 4.79 Å². The van der Waals surface area contributed by atoms with E-state index in [0.717, 1.165) is 69.6 Å².